The maximum Gasteiger partial charge on any atom is 0.228 e. The molecule has 164 valence electrons. The normalized spacial score (nSPS) is 11.2. The van der Waals surface area contributed by atoms with E-state index >= 15 is 0 Å². The predicted molar refractivity (Wildman–Crippen MR) is 124 cm³/mol. The highest BCUT2D eigenvalue weighted by Gasteiger charge is 2.18. The molecule has 0 fully saturated rings. The number of nitrogens with one attached hydrogen (secondary N) is 1. The Kier molecular flexibility index (Phi) is 7.58. The number of halogens is 1. The van der Waals surface area contributed by atoms with E-state index in [-0.39, 0.29) is 12.3 Å². The van der Waals surface area contributed by atoms with Crippen LogP contribution in [0.1, 0.15) is 22.6 Å². The Bertz CT molecular complexity index is 1120. The zero-order chi connectivity index (χ0) is 23.1. The number of carbonyl (C=O) groups is 1. The van der Waals surface area contributed by atoms with E-state index in [0.29, 0.717) is 39.1 Å². The van der Waals surface area contributed by atoms with Crippen LogP contribution in [-0.4, -0.2) is 27.2 Å². The van der Waals surface area contributed by atoms with Crippen LogP contribution in [0.3, 0.4) is 0 Å². The van der Waals surface area contributed by atoms with Crippen LogP contribution in [-0.2, 0) is 11.2 Å². The van der Waals surface area contributed by atoms with Crippen LogP contribution in [0.2, 0.25) is 5.02 Å². The summed E-state index contributed by atoms with van der Waals surface area (Å²) in [6.07, 6.45) is 0.0981. The Morgan fingerprint density at radius 3 is 2.19 bits per heavy atom. The Morgan fingerprint density at radius 2 is 1.66 bits per heavy atom. The second-order valence-electron chi connectivity index (χ2n) is 6.97. The monoisotopic (exact) mass is 450 g/mol. The summed E-state index contributed by atoms with van der Waals surface area (Å²) >= 11 is 6.46. The lowest BCUT2D eigenvalue weighted by atomic mass is 9.92. The van der Waals surface area contributed by atoms with Gasteiger partial charge in [-0.05, 0) is 41.0 Å². The summed E-state index contributed by atoms with van der Waals surface area (Å²) in [5.41, 5.74) is 2.79. The van der Waals surface area contributed by atoms with E-state index in [1.54, 1.807) is 30.3 Å². The molecule has 0 saturated heterocycles. The van der Waals surface area contributed by atoms with Crippen molar-refractivity contribution in [2.75, 3.05) is 26.6 Å². The van der Waals surface area contributed by atoms with Crippen LogP contribution < -0.4 is 19.5 Å². The molecule has 1 atom stereocenters. The molecule has 3 aromatic carbocycles. The van der Waals surface area contributed by atoms with Gasteiger partial charge in [0.25, 0.3) is 0 Å². The molecule has 6 nitrogen and oxygen atoms in total. The molecule has 0 radical (unpaired) electrons. The quantitative estimate of drug-likeness (QED) is 0.510. The number of rotatable bonds is 8. The summed E-state index contributed by atoms with van der Waals surface area (Å²) < 4.78 is 16.0. The average Bonchev–Trinajstić information content (AvgIpc) is 2.80. The molecule has 1 unspecified atom stereocenters. The minimum Gasteiger partial charge on any atom is -0.493 e. The number of nitriles is 1. The number of benzene rings is 3. The first-order chi connectivity index (χ1) is 15.5. The smallest absolute Gasteiger partial charge is 0.228 e. The Labute approximate surface area is 192 Å². The van der Waals surface area contributed by atoms with Crippen LogP contribution in [0.15, 0.2) is 60.7 Å². The average molecular weight is 451 g/mol. The zero-order valence-electron chi connectivity index (χ0n) is 18.0. The molecular weight excluding hydrogens is 428 g/mol. The fourth-order valence-corrected chi connectivity index (χ4v) is 3.73. The topological polar surface area (TPSA) is 80.6 Å². The Morgan fingerprint density at radius 1 is 1.00 bits per heavy atom. The molecule has 0 aliphatic rings. The first kappa shape index (κ1) is 23.0. The molecule has 7 heteroatoms. The van der Waals surface area contributed by atoms with Crippen molar-refractivity contribution >= 4 is 23.2 Å². The number of ether oxygens (including phenoxy) is 3. The van der Waals surface area contributed by atoms with Gasteiger partial charge in [0.1, 0.15) is 0 Å². The first-order valence-corrected chi connectivity index (χ1v) is 10.2. The van der Waals surface area contributed by atoms with E-state index in [9.17, 15) is 10.1 Å². The van der Waals surface area contributed by atoms with Crippen molar-refractivity contribution in [1.29, 1.82) is 5.26 Å². The molecule has 0 aliphatic carbocycles. The van der Waals surface area contributed by atoms with Gasteiger partial charge in [0.2, 0.25) is 11.7 Å². The molecule has 0 bridgehead atoms. The predicted octanol–water partition coefficient (Wildman–Crippen LogP) is 5.20. The van der Waals surface area contributed by atoms with E-state index in [4.69, 9.17) is 25.8 Å². The number of carbonyl (C=O) groups excluding carboxylic acids is 1. The van der Waals surface area contributed by atoms with Crippen LogP contribution in [0.5, 0.6) is 17.2 Å². The van der Waals surface area contributed by atoms with Gasteiger partial charge in [-0.1, -0.05) is 48.0 Å². The zero-order valence-corrected chi connectivity index (χ0v) is 18.8. The van der Waals surface area contributed by atoms with Gasteiger partial charge in [0, 0.05) is 10.7 Å². The van der Waals surface area contributed by atoms with Gasteiger partial charge < -0.3 is 19.5 Å². The standard InChI is InChI=1S/C25H23ClN2O4/c1-30-22-11-16(12-23(31-2)25(22)32-3)13-24(29)28-18-9-10-19(21(26)14-18)20(15-27)17-7-5-4-6-8-17/h4-12,14,20H,13H2,1-3H3,(H,28,29). The molecule has 0 heterocycles. The van der Waals surface area contributed by atoms with Gasteiger partial charge in [-0.15, -0.1) is 0 Å². The number of amides is 1. The maximum atomic E-state index is 12.6. The highest BCUT2D eigenvalue weighted by atomic mass is 35.5. The molecule has 0 saturated carbocycles. The second-order valence-corrected chi connectivity index (χ2v) is 7.37. The van der Waals surface area contributed by atoms with Crippen molar-refractivity contribution < 1.29 is 19.0 Å². The molecule has 1 N–H and O–H groups in total. The summed E-state index contributed by atoms with van der Waals surface area (Å²) in [7, 11) is 4.57. The Hall–Kier alpha value is -3.69. The minimum absolute atomic E-state index is 0.0981. The van der Waals surface area contributed by atoms with Gasteiger partial charge in [-0.25, -0.2) is 0 Å². The molecule has 0 aliphatic heterocycles. The first-order valence-electron chi connectivity index (χ1n) is 9.83. The number of methoxy groups -OCH3 is 3. The summed E-state index contributed by atoms with van der Waals surface area (Å²) in [5.74, 6) is 0.693. The lowest BCUT2D eigenvalue weighted by Gasteiger charge is -2.15. The van der Waals surface area contributed by atoms with Crippen molar-refractivity contribution in [1.82, 2.24) is 0 Å². The van der Waals surface area contributed by atoms with Crippen LogP contribution in [0, 0.1) is 11.3 Å². The molecule has 1 amide bonds. The minimum atomic E-state index is -0.493. The number of hydrogen-bond donors (Lipinski definition) is 1. The van der Waals surface area contributed by atoms with Gasteiger partial charge in [0.15, 0.2) is 11.5 Å². The van der Waals surface area contributed by atoms with Crippen molar-refractivity contribution in [2.45, 2.75) is 12.3 Å². The van der Waals surface area contributed by atoms with Crippen molar-refractivity contribution in [3.8, 4) is 23.3 Å². The van der Waals surface area contributed by atoms with Crippen molar-refractivity contribution in [3.05, 3.63) is 82.4 Å². The Balaban J connectivity index is 1.76. The summed E-state index contributed by atoms with van der Waals surface area (Å²) in [5, 5.41) is 12.9. The molecule has 0 aromatic heterocycles. The molecule has 3 rings (SSSR count). The SMILES string of the molecule is COc1cc(CC(=O)Nc2ccc(C(C#N)c3ccccc3)c(Cl)c2)cc(OC)c1OC. The fourth-order valence-electron chi connectivity index (χ4n) is 3.44. The largest absolute Gasteiger partial charge is 0.493 e. The van der Waals surface area contributed by atoms with Gasteiger partial charge in [0.05, 0.1) is 39.7 Å². The summed E-state index contributed by atoms with van der Waals surface area (Å²) in [6, 6.07) is 20.3. The highest BCUT2D eigenvalue weighted by molar-refractivity contribution is 6.31. The van der Waals surface area contributed by atoms with Crippen LogP contribution in [0.4, 0.5) is 5.69 Å². The van der Waals surface area contributed by atoms with Crippen molar-refractivity contribution in [3.63, 3.8) is 0 Å². The van der Waals surface area contributed by atoms with E-state index in [0.717, 1.165) is 5.56 Å². The van der Waals surface area contributed by atoms with E-state index in [1.165, 1.54) is 21.3 Å². The molecule has 3 aromatic rings. The van der Waals surface area contributed by atoms with Gasteiger partial charge in [-0.3, -0.25) is 4.79 Å². The molecule has 0 spiro atoms. The van der Waals surface area contributed by atoms with E-state index in [1.807, 2.05) is 30.3 Å². The summed E-state index contributed by atoms with van der Waals surface area (Å²) in [6.45, 7) is 0. The lowest BCUT2D eigenvalue weighted by molar-refractivity contribution is -0.115. The van der Waals surface area contributed by atoms with Crippen LogP contribution >= 0.6 is 11.6 Å². The van der Waals surface area contributed by atoms with Gasteiger partial charge >= 0.3 is 0 Å². The third-order valence-corrected chi connectivity index (χ3v) is 5.27. The number of hydrogen-bond acceptors (Lipinski definition) is 5. The fraction of sp³-hybridized carbons (Fsp3) is 0.200. The third-order valence-electron chi connectivity index (χ3n) is 4.95. The van der Waals surface area contributed by atoms with E-state index in [2.05, 4.69) is 11.4 Å². The second kappa shape index (κ2) is 10.6. The number of anilines is 1. The maximum absolute atomic E-state index is 12.6. The lowest BCUT2D eigenvalue weighted by Crippen LogP contribution is -2.15. The molecular formula is C25H23ClN2O4. The summed E-state index contributed by atoms with van der Waals surface area (Å²) in [4.78, 5) is 12.6. The van der Waals surface area contributed by atoms with Crippen molar-refractivity contribution in [2.24, 2.45) is 0 Å². The highest BCUT2D eigenvalue weighted by Crippen LogP contribution is 2.38. The third kappa shape index (κ3) is 5.13. The van der Waals surface area contributed by atoms with E-state index < -0.39 is 5.92 Å². The number of nitrogens with zero attached hydrogens (tertiary/aromatic N) is 1. The molecule has 32 heavy (non-hydrogen) atoms. The van der Waals surface area contributed by atoms with Crippen LogP contribution in [0.25, 0.3) is 0 Å². The van der Waals surface area contributed by atoms with Gasteiger partial charge in [-0.2, -0.15) is 5.26 Å².